The second kappa shape index (κ2) is 15.5. The summed E-state index contributed by atoms with van der Waals surface area (Å²) in [5.41, 5.74) is 0.993. The van der Waals surface area contributed by atoms with Crippen molar-refractivity contribution in [1.29, 1.82) is 0 Å². The first-order valence-electron chi connectivity index (χ1n) is 10.2. The SMILES string of the molecule is O=C(O)c1ccccc1.O=C(O)c1ccccc1.O=C(O)c1ccccc1.Oc1cccc(O)c1O. The maximum atomic E-state index is 10.2. The molecule has 0 bridgehead atoms. The summed E-state index contributed by atoms with van der Waals surface area (Å²) in [6.07, 6.45) is 0. The summed E-state index contributed by atoms with van der Waals surface area (Å²) in [4.78, 5) is 30.6. The van der Waals surface area contributed by atoms with Gasteiger partial charge in [0.15, 0.2) is 17.2 Å². The van der Waals surface area contributed by atoms with Crippen molar-refractivity contribution >= 4 is 17.9 Å². The monoisotopic (exact) mass is 492 g/mol. The molecule has 0 radical (unpaired) electrons. The fourth-order valence-electron chi connectivity index (χ4n) is 2.26. The molecule has 0 amide bonds. The molecule has 36 heavy (non-hydrogen) atoms. The van der Waals surface area contributed by atoms with E-state index >= 15 is 0 Å². The summed E-state index contributed by atoms with van der Waals surface area (Å²) in [5.74, 6) is -3.73. The molecule has 4 rings (SSSR count). The van der Waals surface area contributed by atoms with Crippen LogP contribution in [0.25, 0.3) is 0 Å². The Kier molecular flexibility index (Phi) is 12.4. The van der Waals surface area contributed by atoms with Gasteiger partial charge in [0.05, 0.1) is 16.7 Å². The van der Waals surface area contributed by atoms with E-state index in [0.29, 0.717) is 16.7 Å². The lowest BCUT2D eigenvalue weighted by molar-refractivity contribution is 0.0686. The Balaban J connectivity index is 0.000000240. The molecule has 4 aromatic carbocycles. The predicted octanol–water partition coefficient (Wildman–Crippen LogP) is 4.96. The molecule has 0 unspecified atom stereocenters. The van der Waals surface area contributed by atoms with Crippen molar-refractivity contribution in [2.24, 2.45) is 0 Å². The Morgan fingerprint density at radius 3 is 0.806 bits per heavy atom. The van der Waals surface area contributed by atoms with Gasteiger partial charge in [0, 0.05) is 0 Å². The number of carboxylic acid groups (broad SMARTS) is 3. The second-order valence-electron chi connectivity index (χ2n) is 6.66. The zero-order chi connectivity index (χ0) is 26.9. The Morgan fingerprint density at radius 1 is 0.389 bits per heavy atom. The van der Waals surface area contributed by atoms with Gasteiger partial charge < -0.3 is 30.6 Å². The molecular formula is C27H24O9. The van der Waals surface area contributed by atoms with Gasteiger partial charge in [0.2, 0.25) is 0 Å². The van der Waals surface area contributed by atoms with E-state index in [4.69, 9.17) is 30.6 Å². The quantitative estimate of drug-likeness (QED) is 0.216. The van der Waals surface area contributed by atoms with Gasteiger partial charge in [0.1, 0.15) is 0 Å². The van der Waals surface area contributed by atoms with Crippen molar-refractivity contribution in [3.63, 3.8) is 0 Å². The molecule has 0 atom stereocenters. The minimum absolute atomic E-state index is 0.310. The van der Waals surface area contributed by atoms with Crippen molar-refractivity contribution in [3.05, 3.63) is 126 Å². The van der Waals surface area contributed by atoms with Crippen LogP contribution in [0.5, 0.6) is 17.2 Å². The summed E-state index contributed by atoms with van der Waals surface area (Å²) in [5, 5.41) is 51.2. The molecule has 9 nitrogen and oxygen atoms in total. The minimum atomic E-state index is -0.879. The molecular weight excluding hydrogens is 468 g/mol. The highest BCUT2D eigenvalue weighted by atomic mass is 16.4. The van der Waals surface area contributed by atoms with Crippen LogP contribution in [0, 0.1) is 0 Å². The van der Waals surface area contributed by atoms with Crippen molar-refractivity contribution < 1.29 is 45.0 Å². The molecule has 0 fully saturated rings. The number of phenolic OH excluding ortho intramolecular Hbond substituents is 3. The van der Waals surface area contributed by atoms with E-state index in [1.165, 1.54) is 18.2 Å². The van der Waals surface area contributed by atoms with Crippen LogP contribution in [0.15, 0.2) is 109 Å². The fraction of sp³-hybridized carbons (Fsp3) is 0. The third-order valence-electron chi connectivity index (χ3n) is 4.06. The van der Waals surface area contributed by atoms with Crippen LogP contribution in [-0.4, -0.2) is 48.5 Å². The maximum Gasteiger partial charge on any atom is 0.335 e. The zero-order valence-electron chi connectivity index (χ0n) is 18.8. The first kappa shape index (κ1) is 28.7. The highest BCUT2D eigenvalue weighted by Gasteiger charge is 2.01. The molecule has 0 aliphatic heterocycles. The Morgan fingerprint density at radius 2 is 0.639 bits per heavy atom. The van der Waals surface area contributed by atoms with Crippen LogP contribution >= 0.6 is 0 Å². The van der Waals surface area contributed by atoms with Crippen LogP contribution in [0.1, 0.15) is 31.1 Å². The number of aromatic hydroxyl groups is 3. The minimum Gasteiger partial charge on any atom is -0.504 e. The molecule has 6 N–H and O–H groups in total. The summed E-state index contributed by atoms with van der Waals surface area (Å²) < 4.78 is 0. The molecule has 0 saturated heterocycles. The van der Waals surface area contributed by atoms with Gasteiger partial charge >= 0.3 is 17.9 Å². The van der Waals surface area contributed by atoms with Crippen LogP contribution in [-0.2, 0) is 0 Å². The number of aromatic carboxylic acids is 3. The van der Waals surface area contributed by atoms with Crippen LogP contribution in [0.3, 0.4) is 0 Å². The molecule has 0 aliphatic rings. The second-order valence-corrected chi connectivity index (χ2v) is 6.66. The molecule has 186 valence electrons. The molecule has 0 aromatic heterocycles. The predicted molar refractivity (Wildman–Crippen MR) is 132 cm³/mol. The van der Waals surface area contributed by atoms with Gasteiger partial charge in [-0.15, -0.1) is 0 Å². The number of rotatable bonds is 3. The van der Waals surface area contributed by atoms with E-state index in [2.05, 4.69) is 0 Å². The van der Waals surface area contributed by atoms with Crippen LogP contribution in [0.2, 0.25) is 0 Å². The van der Waals surface area contributed by atoms with Gasteiger partial charge in [0.25, 0.3) is 0 Å². The van der Waals surface area contributed by atoms with E-state index in [1.54, 1.807) is 91.0 Å². The van der Waals surface area contributed by atoms with E-state index in [-0.39, 0.29) is 11.5 Å². The normalized spacial score (nSPS) is 9.00. The van der Waals surface area contributed by atoms with Gasteiger partial charge in [-0.1, -0.05) is 60.7 Å². The molecule has 0 aliphatic carbocycles. The van der Waals surface area contributed by atoms with E-state index in [0.717, 1.165) is 0 Å². The number of hydrogen-bond acceptors (Lipinski definition) is 6. The Bertz CT molecular complexity index is 1090. The lowest BCUT2D eigenvalue weighted by Gasteiger charge is -1.96. The average Bonchev–Trinajstić information content (AvgIpc) is 2.90. The fourth-order valence-corrected chi connectivity index (χ4v) is 2.26. The number of phenols is 3. The number of carbonyl (C=O) groups is 3. The lowest BCUT2D eigenvalue weighted by atomic mass is 10.2. The van der Waals surface area contributed by atoms with Crippen LogP contribution in [0.4, 0.5) is 0 Å². The third kappa shape index (κ3) is 11.0. The lowest BCUT2D eigenvalue weighted by Crippen LogP contribution is -1.93. The molecule has 4 aromatic rings. The zero-order valence-corrected chi connectivity index (χ0v) is 18.8. The van der Waals surface area contributed by atoms with E-state index < -0.39 is 23.7 Å². The largest absolute Gasteiger partial charge is 0.504 e. The number of benzene rings is 4. The molecule has 0 heterocycles. The number of hydrogen-bond donors (Lipinski definition) is 6. The van der Waals surface area contributed by atoms with Crippen molar-refractivity contribution in [2.75, 3.05) is 0 Å². The van der Waals surface area contributed by atoms with Gasteiger partial charge in [-0.3, -0.25) is 0 Å². The third-order valence-corrected chi connectivity index (χ3v) is 4.06. The van der Waals surface area contributed by atoms with Crippen molar-refractivity contribution in [3.8, 4) is 17.2 Å². The van der Waals surface area contributed by atoms with Gasteiger partial charge in [-0.05, 0) is 48.5 Å². The molecule has 0 saturated carbocycles. The Labute approximate surface area is 206 Å². The first-order valence-corrected chi connectivity index (χ1v) is 10.2. The smallest absolute Gasteiger partial charge is 0.335 e. The number of para-hydroxylation sites is 1. The van der Waals surface area contributed by atoms with Crippen molar-refractivity contribution in [2.45, 2.75) is 0 Å². The van der Waals surface area contributed by atoms with Gasteiger partial charge in [-0.25, -0.2) is 14.4 Å². The average molecular weight is 492 g/mol. The highest BCUT2D eigenvalue weighted by Crippen LogP contribution is 2.32. The molecule has 9 heteroatoms. The topological polar surface area (TPSA) is 173 Å². The summed E-state index contributed by atoms with van der Waals surface area (Å²) in [7, 11) is 0. The standard InChI is InChI=1S/3C7H6O2.C6H6O3/c3*8-7(9)6-4-2-1-3-5-6;7-4-2-1-3-5(8)6(4)9/h3*1-5H,(H,8,9);1-3,7-9H. The van der Waals surface area contributed by atoms with Gasteiger partial charge in [-0.2, -0.15) is 0 Å². The maximum absolute atomic E-state index is 10.2. The van der Waals surface area contributed by atoms with Crippen LogP contribution < -0.4 is 0 Å². The molecule has 0 spiro atoms. The Hall–Kier alpha value is -5.31. The summed E-state index contributed by atoms with van der Waals surface area (Å²) in [6.45, 7) is 0. The summed E-state index contributed by atoms with van der Waals surface area (Å²) >= 11 is 0. The summed E-state index contributed by atoms with van der Waals surface area (Å²) in [6, 6.07) is 28.9. The van der Waals surface area contributed by atoms with E-state index in [9.17, 15) is 14.4 Å². The van der Waals surface area contributed by atoms with E-state index in [1.807, 2.05) is 0 Å². The first-order chi connectivity index (χ1) is 17.1. The van der Waals surface area contributed by atoms with Crippen molar-refractivity contribution in [1.82, 2.24) is 0 Å². The number of carboxylic acids is 3. The highest BCUT2D eigenvalue weighted by molar-refractivity contribution is 5.88.